The molecule has 0 heterocycles. The van der Waals surface area contributed by atoms with E-state index in [4.69, 9.17) is 5.73 Å². The quantitative estimate of drug-likeness (QED) is 0.788. The van der Waals surface area contributed by atoms with Crippen LogP contribution in [-0.4, -0.2) is 30.4 Å². The minimum Gasteiger partial charge on any atom is -0.397 e. The summed E-state index contributed by atoms with van der Waals surface area (Å²) < 4.78 is 12.9. The molecule has 5 heteroatoms. The summed E-state index contributed by atoms with van der Waals surface area (Å²) in [6.07, 6.45) is 1.03. The van der Waals surface area contributed by atoms with Crippen LogP contribution in [0.1, 0.15) is 27.2 Å². The Balaban J connectivity index is 2.61. The van der Waals surface area contributed by atoms with Crippen molar-refractivity contribution >= 4 is 17.3 Å². The number of hydrogen-bond donors (Lipinski definition) is 2. The van der Waals surface area contributed by atoms with Crippen LogP contribution in [0.3, 0.4) is 0 Å². The minimum atomic E-state index is -0.414. The molecule has 0 aliphatic rings. The Morgan fingerprint density at radius 2 is 2.05 bits per heavy atom. The van der Waals surface area contributed by atoms with Crippen molar-refractivity contribution in [3.8, 4) is 0 Å². The Kier molecular flexibility index (Phi) is 5.95. The van der Waals surface area contributed by atoms with Gasteiger partial charge in [-0.15, -0.1) is 0 Å². The van der Waals surface area contributed by atoms with Crippen molar-refractivity contribution in [1.29, 1.82) is 0 Å². The zero-order valence-corrected chi connectivity index (χ0v) is 12.6. The highest BCUT2D eigenvalue weighted by Crippen LogP contribution is 2.19. The Morgan fingerprint density at radius 1 is 1.40 bits per heavy atom. The van der Waals surface area contributed by atoms with Crippen LogP contribution >= 0.6 is 0 Å². The van der Waals surface area contributed by atoms with Gasteiger partial charge in [0.2, 0.25) is 5.91 Å². The van der Waals surface area contributed by atoms with E-state index in [1.165, 1.54) is 18.2 Å². The zero-order chi connectivity index (χ0) is 15.3. The third kappa shape index (κ3) is 4.81. The molecule has 0 aliphatic heterocycles. The zero-order valence-electron chi connectivity index (χ0n) is 12.6. The maximum Gasteiger partial charge on any atom is 0.241 e. The molecule has 0 aliphatic carbocycles. The molecule has 0 radical (unpaired) electrons. The van der Waals surface area contributed by atoms with Crippen molar-refractivity contribution in [3.05, 3.63) is 24.0 Å². The number of nitrogens with two attached hydrogens (primary N) is 1. The van der Waals surface area contributed by atoms with Gasteiger partial charge in [-0.05, 0) is 51.1 Å². The molecule has 1 aromatic carbocycles. The largest absolute Gasteiger partial charge is 0.397 e. The number of hydrogen-bond acceptors (Lipinski definition) is 3. The van der Waals surface area contributed by atoms with Gasteiger partial charge < -0.3 is 11.1 Å². The summed E-state index contributed by atoms with van der Waals surface area (Å²) in [5, 5.41) is 2.73. The highest BCUT2D eigenvalue weighted by atomic mass is 19.1. The fourth-order valence-corrected chi connectivity index (χ4v) is 1.74. The van der Waals surface area contributed by atoms with E-state index < -0.39 is 5.82 Å². The molecule has 1 aromatic rings. The standard InChI is InChI=1S/C15H24FN3O/c1-10(2)7-8-19(4)11(3)15(20)18-14-6-5-12(16)9-13(14)17/h5-6,9-11H,7-8,17H2,1-4H3,(H,18,20). The number of nitrogens with one attached hydrogen (secondary N) is 1. The number of nitrogens with zero attached hydrogens (tertiary/aromatic N) is 1. The van der Waals surface area contributed by atoms with Crippen LogP contribution in [0.25, 0.3) is 0 Å². The Hall–Kier alpha value is -1.62. The Bertz CT molecular complexity index is 462. The van der Waals surface area contributed by atoms with Crippen molar-refractivity contribution in [2.45, 2.75) is 33.2 Å². The summed E-state index contributed by atoms with van der Waals surface area (Å²) in [6, 6.07) is 3.68. The van der Waals surface area contributed by atoms with Crippen molar-refractivity contribution in [2.75, 3.05) is 24.6 Å². The lowest BCUT2D eigenvalue weighted by molar-refractivity contribution is -0.120. The SMILES string of the molecule is CC(C)CCN(C)C(C)C(=O)Nc1ccc(F)cc1N. The van der Waals surface area contributed by atoms with Gasteiger partial charge in [0.05, 0.1) is 17.4 Å². The molecule has 3 N–H and O–H groups in total. The number of carbonyl (C=O) groups is 1. The number of nitrogen functional groups attached to an aromatic ring is 1. The number of carbonyl (C=O) groups excluding carboxylic acids is 1. The number of anilines is 2. The van der Waals surface area contributed by atoms with Crippen LogP contribution in [0.5, 0.6) is 0 Å². The van der Waals surface area contributed by atoms with E-state index in [9.17, 15) is 9.18 Å². The van der Waals surface area contributed by atoms with Crippen LogP contribution in [-0.2, 0) is 4.79 Å². The van der Waals surface area contributed by atoms with Crippen molar-refractivity contribution in [3.63, 3.8) is 0 Å². The molecule has 1 atom stereocenters. The molecule has 0 fully saturated rings. The van der Waals surface area contributed by atoms with Gasteiger partial charge in [-0.1, -0.05) is 13.8 Å². The average molecular weight is 281 g/mol. The van der Waals surface area contributed by atoms with Gasteiger partial charge in [-0.25, -0.2) is 4.39 Å². The molecule has 0 aromatic heterocycles. The first-order valence-electron chi connectivity index (χ1n) is 6.87. The van der Waals surface area contributed by atoms with Gasteiger partial charge in [0.15, 0.2) is 0 Å². The summed E-state index contributed by atoms with van der Waals surface area (Å²) in [6.45, 7) is 7.00. The first-order chi connectivity index (χ1) is 9.31. The minimum absolute atomic E-state index is 0.144. The molecule has 0 bridgehead atoms. The highest BCUT2D eigenvalue weighted by Gasteiger charge is 2.18. The van der Waals surface area contributed by atoms with Gasteiger partial charge in [-0.2, -0.15) is 0 Å². The van der Waals surface area contributed by atoms with Gasteiger partial charge in [0.1, 0.15) is 5.82 Å². The van der Waals surface area contributed by atoms with Crippen molar-refractivity contribution in [2.24, 2.45) is 5.92 Å². The van der Waals surface area contributed by atoms with Crippen LogP contribution in [0.15, 0.2) is 18.2 Å². The third-order valence-electron chi connectivity index (χ3n) is 3.37. The fourth-order valence-electron chi connectivity index (χ4n) is 1.74. The molecule has 0 saturated heterocycles. The third-order valence-corrected chi connectivity index (χ3v) is 3.37. The van der Waals surface area contributed by atoms with Gasteiger partial charge in [0, 0.05) is 0 Å². The van der Waals surface area contributed by atoms with Crippen LogP contribution in [0, 0.1) is 11.7 Å². The Morgan fingerprint density at radius 3 is 2.60 bits per heavy atom. The molecular formula is C15H24FN3O. The maximum absolute atomic E-state index is 12.9. The van der Waals surface area contributed by atoms with E-state index >= 15 is 0 Å². The van der Waals surface area contributed by atoms with Crippen molar-refractivity contribution < 1.29 is 9.18 Å². The topological polar surface area (TPSA) is 58.4 Å². The second kappa shape index (κ2) is 7.24. The predicted octanol–water partition coefficient (Wildman–Crippen LogP) is 2.71. The van der Waals surface area contributed by atoms with Crippen LogP contribution in [0.2, 0.25) is 0 Å². The molecule has 0 saturated carbocycles. The highest BCUT2D eigenvalue weighted by molar-refractivity contribution is 5.97. The smallest absolute Gasteiger partial charge is 0.241 e. The summed E-state index contributed by atoms with van der Waals surface area (Å²) >= 11 is 0. The second-order valence-corrected chi connectivity index (χ2v) is 5.56. The average Bonchev–Trinajstić information content (AvgIpc) is 2.38. The molecular weight excluding hydrogens is 257 g/mol. The summed E-state index contributed by atoms with van der Waals surface area (Å²) in [5.74, 6) is 0.0395. The molecule has 1 amide bonds. The van der Waals surface area contributed by atoms with E-state index in [1.54, 1.807) is 0 Å². The number of halogens is 1. The van der Waals surface area contributed by atoms with Gasteiger partial charge in [-0.3, -0.25) is 9.69 Å². The lowest BCUT2D eigenvalue weighted by atomic mass is 10.1. The first-order valence-corrected chi connectivity index (χ1v) is 6.87. The van der Waals surface area contributed by atoms with Gasteiger partial charge in [0.25, 0.3) is 0 Å². The number of likely N-dealkylation sites (N-methyl/N-ethyl adjacent to an activating group) is 1. The molecule has 0 spiro atoms. The van der Waals surface area contributed by atoms with Gasteiger partial charge >= 0.3 is 0 Å². The lowest BCUT2D eigenvalue weighted by Crippen LogP contribution is -2.40. The van der Waals surface area contributed by atoms with Crippen LogP contribution in [0.4, 0.5) is 15.8 Å². The molecule has 20 heavy (non-hydrogen) atoms. The number of amides is 1. The molecule has 1 unspecified atom stereocenters. The first kappa shape index (κ1) is 16.4. The summed E-state index contributed by atoms with van der Waals surface area (Å²) in [5.41, 5.74) is 6.35. The maximum atomic E-state index is 12.9. The summed E-state index contributed by atoms with van der Waals surface area (Å²) in [7, 11) is 1.92. The van der Waals surface area contributed by atoms with Crippen LogP contribution < -0.4 is 11.1 Å². The van der Waals surface area contributed by atoms with E-state index in [-0.39, 0.29) is 17.6 Å². The monoisotopic (exact) mass is 281 g/mol. The van der Waals surface area contributed by atoms with E-state index in [2.05, 4.69) is 19.2 Å². The van der Waals surface area contributed by atoms with E-state index in [1.807, 2.05) is 18.9 Å². The molecule has 1 rings (SSSR count). The number of benzene rings is 1. The Labute approximate surface area is 120 Å². The number of rotatable bonds is 6. The predicted molar refractivity (Wildman–Crippen MR) is 81.0 cm³/mol. The van der Waals surface area contributed by atoms with E-state index in [0.29, 0.717) is 11.6 Å². The molecule has 112 valence electrons. The second-order valence-electron chi connectivity index (χ2n) is 5.56. The summed E-state index contributed by atoms with van der Waals surface area (Å²) in [4.78, 5) is 14.1. The lowest BCUT2D eigenvalue weighted by Gasteiger charge is -2.24. The van der Waals surface area contributed by atoms with Crippen molar-refractivity contribution in [1.82, 2.24) is 4.90 Å². The van der Waals surface area contributed by atoms with E-state index in [0.717, 1.165) is 13.0 Å². The normalized spacial score (nSPS) is 12.8. The fraction of sp³-hybridized carbons (Fsp3) is 0.533. The molecule has 4 nitrogen and oxygen atoms in total.